The van der Waals surface area contributed by atoms with E-state index in [1.165, 1.54) is 48.5 Å². The van der Waals surface area contributed by atoms with Gasteiger partial charge in [-0.25, -0.2) is 25.1 Å². The zero-order valence-electron chi connectivity index (χ0n) is 14.3. The SMILES string of the molecule is NO.O=C(OC(=O)C(O)C(O)C(=O)OC(=O)c1ccccc1)c1ccccc1. The fourth-order valence-electron chi connectivity index (χ4n) is 1.83. The van der Waals surface area contributed by atoms with Gasteiger partial charge in [-0.05, 0) is 24.3 Å². The first kappa shape index (κ1) is 22.6. The molecule has 2 rings (SSSR count). The van der Waals surface area contributed by atoms with Gasteiger partial charge >= 0.3 is 23.9 Å². The lowest BCUT2D eigenvalue weighted by molar-refractivity contribution is -0.166. The van der Waals surface area contributed by atoms with Gasteiger partial charge in [-0.1, -0.05) is 36.4 Å². The van der Waals surface area contributed by atoms with Crippen molar-refractivity contribution >= 4 is 23.9 Å². The molecule has 0 saturated heterocycles. The molecule has 2 atom stereocenters. The average molecular weight is 391 g/mol. The molecule has 0 bridgehead atoms. The number of benzene rings is 2. The number of hydrogen-bond donors (Lipinski definition) is 4. The third-order valence-corrected chi connectivity index (χ3v) is 3.19. The summed E-state index contributed by atoms with van der Waals surface area (Å²) in [6.45, 7) is 0. The Kier molecular flexibility index (Phi) is 9.13. The van der Waals surface area contributed by atoms with Crippen LogP contribution < -0.4 is 5.90 Å². The second-order valence-electron chi connectivity index (χ2n) is 5.04. The third kappa shape index (κ3) is 6.37. The number of nitrogens with two attached hydrogens (primary N) is 1. The molecule has 0 aromatic heterocycles. The number of rotatable bonds is 5. The number of ether oxygens (including phenoxy) is 2. The van der Waals surface area contributed by atoms with Gasteiger partial charge in [0, 0.05) is 0 Å². The quantitative estimate of drug-likeness (QED) is 0.304. The van der Waals surface area contributed by atoms with Crippen LogP contribution in [0.25, 0.3) is 0 Å². The molecule has 0 fully saturated rings. The Morgan fingerprint density at radius 1 is 0.643 bits per heavy atom. The van der Waals surface area contributed by atoms with E-state index in [1.54, 1.807) is 12.1 Å². The van der Waals surface area contributed by atoms with Gasteiger partial charge in [0.2, 0.25) is 0 Å². The van der Waals surface area contributed by atoms with E-state index in [0.29, 0.717) is 0 Å². The lowest BCUT2D eigenvalue weighted by Crippen LogP contribution is -2.43. The van der Waals surface area contributed by atoms with E-state index in [9.17, 15) is 29.4 Å². The highest BCUT2D eigenvalue weighted by molar-refractivity contribution is 6.01. The van der Waals surface area contributed by atoms with E-state index in [1.807, 2.05) is 0 Å². The van der Waals surface area contributed by atoms with Crippen molar-refractivity contribution in [3.8, 4) is 0 Å². The molecule has 2 aromatic carbocycles. The molecule has 0 heterocycles. The molecular weight excluding hydrogens is 374 g/mol. The molecule has 10 nitrogen and oxygen atoms in total. The summed E-state index contributed by atoms with van der Waals surface area (Å²) < 4.78 is 8.76. The zero-order chi connectivity index (χ0) is 21.1. The van der Waals surface area contributed by atoms with Gasteiger partial charge in [-0.15, -0.1) is 0 Å². The Hall–Kier alpha value is -3.44. The van der Waals surface area contributed by atoms with Crippen LogP contribution in [0.1, 0.15) is 20.7 Å². The molecule has 0 aliphatic heterocycles. The molecule has 0 saturated carbocycles. The van der Waals surface area contributed by atoms with E-state index in [-0.39, 0.29) is 11.1 Å². The second-order valence-corrected chi connectivity index (χ2v) is 5.04. The van der Waals surface area contributed by atoms with Crippen LogP contribution in [0.5, 0.6) is 0 Å². The van der Waals surface area contributed by atoms with Crippen LogP contribution in [-0.2, 0) is 19.1 Å². The number of carbonyl (C=O) groups excluding carboxylic acids is 4. The predicted octanol–water partition coefficient (Wildman–Crippen LogP) is -0.190. The first-order chi connectivity index (χ1) is 13.4. The third-order valence-electron chi connectivity index (χ3n) is 3.19. The summed E-state index contributed by atoms with van der Waals surface area (Å²) >= 11 is 0. The summed E-state index contributed by atoms with van der Waals surface area (Å²) in [7, 11) is 0. The van der Waals surface area contributed by atoms with E-state index in [0.717, 1.165) is 0 Å². The fourth-order valence-corrected chi connectivity index (χ4v) is 1.83. The molecule has 0 aliphatic carbocycles. The van der Waals surface area contributed by atoms with Crippen LogP contribution in [-0.4, -0.2) is 51.5 Å². The first-order valence-corrected chi connectivity index (χ1v) is 7.64. The second kappa shape index (κ2) is 11.3. The van der Waals surface area contributed by atoms with Crippen molar-refractivity contribution in [2.75, 3.05) is 0 Å². The van der Waals surface area contributed by atoms with Crippen molar-refractivity contribution in [1.29, 1.82) is 0 Å². The van der Waals surface area contributed by atoms with E-state index >= 15 is 0 Å². The maximum atomic E-state index is 11.7. The maximum Gasteiger partial charge on any atom is 0.346 e. The lowest BCUT2D eigenvalue weighted by Gasteiger charge is -2.14. The van der Waals surface area contributed by atoms with Crippen molar-refractivity contribution in [2.45, 2.75) is 12.2 Å². The van der Waals surface area contributed by atoms with Crippen LogP contribution in [0.3, 0.4) is 0 Å². The highest BCUT2D eigenvalue weighted by atomic mass is 16.6. The van der Waals surface area contributed by atoms with Crippen LogP contribution in [0, 0.1) is 0 Å². The van der Waals surface area contributed by atoms with Crippen molar-refractivity contribution in [1.82, 2.24) is 0 Å². The predicted molar refractivity (Wildman–Crippen MR) is 91.7 cm³/mol. The molecular formula is C18H17NO9. The lowest BCUT2D eigenvalue weighted by atomic mass is 10.2. The normalized spacial score (nSPS) is 11.9. The Morgan fingerprint density at radius 2 is 0.929 bits per heavy atom. The van der Waals surface area contributed by atoms with E-state index in [2.05, 4.69) is 15.4 Å². The number of hydrogen-bond acceptors (Lipinski definition) is 10. The summed E-state index contributed by atoms with van der Waals surface area (Å²) in [5.74, 6) is -1.77. The standard InChI is InChI=1S/C18H14O8.H3NO/c19-13(17(23)25-15(21)11-7-3-1-4-8-11)14(20)18(24)26-16(22)12-9-5-2-6-10-12;1-2/h1-10,13-14,19-20H;2H,1H2. The van der Waals surface area contributed by atoms with Crippen LogP contribution in [0.4, 0.5) is 0 Å². The smallest absolute Gasteiger partial charge is 0.346 e. The Bertz CT molecular complexity index is 739. The van der Waals surface area contributed by atoms with Crippen LogP contribution in [0.15, 0.2) is 60.7 Å². The number of aliphatic hydroxyl groups is 2. The molecule has 148 valence electrons. The summed E-state index contributed by atoms with van der Waals surface area (Å²) in [6.07, 6.45) is -4.81. The summed E-state index contributed by atoms with van der Waals surface area (Å²) in [4.78, 5) is 46.8. The van der Waals surface area contributed by atoms with Gasteiger partial charge in [-0.2, -0.15) is 0 Å². The number of esters is 4. The van der Waals surface area contributed by atoms with Crippen molar-refractivity contribution in [2.24, 2.45) is 5.90 Å². The van der Waals surface area contributed by atoms with Crippen LogP contribution in [0.2, 0.25) is 0 Å². The van der Waals surface area contributed by atoms with E-state index < -0.39 is 36.1 Å². The first-order valence-electron chi connectivity index (χ1n) is 7.64. The molecule has 0 amide bonds. The monoisotopic (exact) mass is 391 g/mol. The maximum absolute atomic E-state index is 11.7. The topological polar surface area (TPSA) is 173 Å². The molecule has 0 radical (unpaired) electrons. The zero-order valence-corrected chi connectivity index (χ0v) is 14.3. The largest absolute Gasteiger partial charge is 0.387 e. The minimum absolute atomic E-state index is 0.0318. The van der Waals surface area contributed by atoms with Gasteiger partial charge < -0.3 is 24.9 Å². The molecule has 10 heteroatoms. The minimum atomic E-state index is -2.40. The Balaban J connectivity index is 0.00000190. The van der Waals surface area contributed by atoms with Gasteiger partial charge in [-0.3, -0.25) is 0 Å². The van der Waals surface area contributed by atoms with Crippen LogP contribution >= 0.6 is 0 Å². The molecule has 2 aromatic rings. The molecule has 0 spiro atoms. The van der Waals surface area contributed by atoms with Gasteiger partial charge in [0.25, 0.3) is 0 Å². The summed E-state index contributed by atoms with van der Waals surface area (Å²) in [6, 6.07) is 14.8. The highest BCUT2D eigenvalue weighted by Gasteiger charge is 2.35. The van der Waals surface area contributed by atoms with Crippen molar-refractivity contribution < 1.29 is 44.1 Å². The highest BCUT2D eigenvalue weighted by Crippen LogP contribution is 2.07. The molecule has 5 N–H and O–H groups in total. The van der Waals surface area contributed by atoms with Gasteiger partial charge in [0.1, 0.15) is 0 Å². The van der Waals surface area contributed by atoms with Gasteiger partial charge in [0.15, 0.2) is 12.2 Å². The molecule has 0 aliphatic rings. The van der Waals surface area contributed by atoms with Gasteiger partial charge in [0.05, 0.1) is 11.1 Å². The fraction of sp³-hybridized carbons (Fsp3) is 0.111. The number of carbonyl (C=O) groups is 4. The molecule has 2 unspecified atom stereocenters. The van der Waals surface area contributed by atoms with Crippen molar-refractivity contribution in [3.05, 3.63) is 71.8 Å². The Morgan fingerprint density at radius 3 is 1.21 bits per heavy atom. The minimum Gasteiger partial charge on any atom is -0.387 e. The summed E-state index contributed by atoms with van der Waals surface area (Å²) in [5, 5.41) is 25.8. The molecule has 28 heavy (non-hydrogen) atoms. The summed E-state index contributed by atoms with van der Waals surface area (Å²) in [5.41, 5.74) is 0.0637. The Labute approximate surface area is 158 Å². The average Bonchev–Trinajstić information content (AvgIpc) is 2.75. The van der Waals surface area contributed by atoms with E-state index in [4.69, 9.17) is 5.21 Å². The van der Waals surface area contributed by atoms with Crippen molar-refractivity contribution in [3.63, 3.8) is 0 Å². The number of aliphatic hydroxyl groups excluding tert-OH is 2.